The van der Waals surface area contributed by atoms with Crippen LogP contribution in [-0.2, 0) is 14.8 Å². The summed E-state index contributed by atoms with van der Waals surface area (Å²) in [5, 5.41) is 13.5. The second-order valence-electron chi connectivity index (χ2n) is 5.89. The molecule has 0 heterocycles. The van der Waals surface area contributed by atoms with Gasteiger partial charge in [0.2, 0.25) is 15.9 Å². The van der Waals surface area contributed by atoms with Crippen LogP contribution in [0.5, 0.6) is 0 Å². The maximum atomic E-state index is 13.0. The van der Waals surface area contributed by atoms with Crippen LogP contribution in [0.1, 0.15) is 18.5 Å². The third kappa shape index (κ3) is 5.48. The van der Waals surface area contributed by atoms with Crippen molar-refractivity contribution in [3.8, 4) is 0 Å². The first-order valence-corrected chi connectivity index (χ1v) is 9.70. The fourth-order valence-electron chi connectivity index (χ4n) is 2.41. The molecule has 1 N–H and O–H groups in total. The Morgan fingerprint density at radius 3 is 2.44 bits per heavy atom. The molecular formula is C17H18FN3O5S. The number of benzene rings is 2. The summed E-state index contributed by atoms with van der Waals surface area (Å²) >= 11 is 0. The lowest BCUT2D eigenvalue weighted by atomic mass is 10.1. The van der Waals surface area contributed by atoms with Crippen molar-refractivity contribution in [2.75, 3.05) is 17.1 Å². The molecule has 2 rings (SSSR count). The first-order chi connectivity index (χ1) is 12.6. The van der Waals surface area contributed by atoms with Crippen LogP contribution >= 0.6 is 0 Å². The van der Waals surface area contributed by atoms with Crippen molar-refractivity contribution in [3.63, 3.8) is 0 Å². The van der Waals surface area contributed by atoms with Gasteiger partial charge in [-0.25, -0.2) is 12.8 Å². The van der Waals surface area contributed by atoms with Crippen molar-refractivity contribution in [1.82, 2.24) is 5.32 Å². The molecule has 0 aliphatic heterocycles. The van der Waals surface area contributed by atoms with Crippen molar-refractivity contribution in [1.29, 1.82) is 0 Å². The standard InChI is InChI=1S/C17H18FN3O5S/c1-12(13-6-8-14(18)9-7-13)19-17(22)11-20(27(2,25)26)15-4-3-5-16(10-15)21(23)24/h3-10,12H,11H2,1-2H3,(H,19,22). The van der Waals surface area contributed by atoms with Gasteiger partial charge in [0.05, 0.1) is 22.9 Å². The number of anilines is 1. The minimum Gasteiger partial charge on any atom is -0.348 e. The van der Waals surface area contributed by atoms with E-state index >= 15 is 0 Å². The SMILES string of the molecule is CC(NC(=O)CN(c1cccc([N+](=O)[O-])c1)S(C)(=O)=O)c1ccc(F)cc1. The molecule has 1 amide bonds. The van der Waals surface area contributed by atoms with E-state index in [-0.39, 0.29) is 11.4 Å². The number of nitrogens with zero attached hydrogens (tertiary/aromatic N) is 2. The van der Waals surface area contributed by atoms with E-state index in [9.17, 15) is 27.7 Å². The van der Waals surface area contributed by atoms with Crippen molar-refractivity contribution < 1.29 is 22.5 Å². The van der Waals surface area contributed by atoms with Gasteiger partial charge in [0, 0.05) is 12.1 Å². The number of halogens is 1. The number of nitro groups is 1. The molecule has 0 saturated carbocycles. The topological polar surface area (TPSA) is 110 Å². The number of nitro benzene ring substituents is 1. The molecular weight excluding hydrogens is 377 g/mol. The van der Waals surface area contributed by atoms with Crippen molar-refractivity contribution in [3.05, 3.63) is 70.0 Å². The van der Waals surface area contributed by atoms with E-state index in [1.807, 2.05) is 0 Å². The second kappa shape index (κ2) is 8.12. The van der Waals surface area contributed by atoms with Gasteiger partial charge < -0.3 is 5.32 Å². The van der Waals surface area contributed by atoms with Crippen LogP contribution in [0, 0.1) is 15.9 Å². The van der Waals surface area contributed by atoms with Crippen LogP contribution in [0.3, 0.4) is 0 Å². The minimum atomic E-state index is -3.86. The molecule has 27 heavy (non-hydrogen) atoms. The van der Waals surface area contributed by atoms with Gasteiger partial charge in [0.1, 0.15) is 12.4 Å². The Labute approximate surface area is 155 Å². The Morgan fingerprint density at radius 1 is 1.26 bits per heavy atom. The Kier molecular flexibility index (Phi) is 6.11. The smallest absolute Gasteiger partial charge is 0.271 e. The zero-order chi connectivity index (χ0) is 20.2. The summed E-state index contributed by atoms with van der Waals surface area (Å²) in [6.45, 7) is 1.12. The van der Waals surface area contributed by atoms with Gasteiger partial charge >= 0.3 is 0 Å². The second-order valence-corrected chi connectivity index (χ2v) is 7.79. The van der Waals surface area contributed by atoms with Gasteiger partial charge in [0.15, 0.2) is 0 Å². The van der Waals surface area contributed by atoms with Crippen molar-refractivity contribution in [2.24, 2.45) is 0 Å². The molecule has 0 spiro atoms. The van der Waals surface area contributed by atoms with Gasteiger partial charge in [-0.05, 0) is 30.7 Å². The van der Waals surface area contributed by atoms with Crippen molar-refractivity contribution in [2.45, 2.75) is 13.0 Å². The fourth-order valence-corrected chi connectivity index (χ4v) is 3.26. The van der Waals surface area contributed by atoms with Crippen molar-refractivity contribution >= 4 is 27.3 Å². The van der Waals surface area contributed by atoms with Crippen LogP contribution in [0.4, 0.5) is 15.8 Å². The van der Waals surface area contributed by atoms with Crippen LogP contribution in [-0.4, -0.2) is 32.0 Å². The third-order valence-electron chi connectivity index (χ3n) is 3.76. The highest BCUT2D eigenvalue weighted by Gasteiger charge is 2.23. The summed E-state index contributed by atoms with van der Waals surface area (Å²) in [5.41, 5.74) is 0.364. The molecule has 10 heteroatoms. The number of amides is 1. The summed E-state index contributed by atoms with van der Waals surface area (Å²) in [4.78, 5) is 22.6. The largest absolute Gasteiger partial charge is 0.348 e. The number of rotatable bonds is 7. The number of hydrogen-bond donors (Lipinski definition) is 1. The minimum absolute atomic E-state index is 0.0104. The molecule has 0 aliphatic carbocycles. The molecule has 1 atom stereocenters. The molecule has 0 fully saturated rings. The number of nitrogens with one attached hydrogen (secondary N) is 1. The van der Waals surface area contributed by atoms with Crippen LogP contribution in [0.25, 0.3) is 0 Å². The molecule has 0 aromatic heterocycles. The summed E-state index contributed by atoms with van der Waals surface area (Å²) in [7, 11) is -3.86. The first kappa shape index (κ1) is 20.3. The molecule has 8 nitrogen and oxygen atoms in total. The maximum absolute atomic E-state index is 13.0. The molecule has 0 bridgehead atoms. The van der Waals surface area contributed by atoms with E-state index in [0.29, 0.717) is 5.56 Å². The fraction of sp³-hybridized carbons (Fsp3) is 0.235. The predicted molar refractivity (Wildman–Crippen MR) is 98.2 cm³/mol. The van der Waals surface area contributed by atoms with Gasteiger partial charge in [0.25, 0.3) is 5.69 Å². The van der Waals surface area contributed by atoms with E-state index in [1.54, 1.807) is 6.92 Å². The normalized spacial score (nSPS) is 12.3. The number of carbonyl (C=O) groups excluding carboxylic acids is 1. The summed E-state index contributed by atoms with van der Waals surface area (Å²) in [5.74, 6) is -1.02. The lowest BCUT2D eigenvalue weighted by Crippen LogP contribution is -2.41. The number of carbonyl (C=O) groups is 1. The number of hydrogen-bond acceptors (Lipinski definition) is 5. The van der Waals surface area contributed by atoms with Crippen LogP contribution < -0.4 is 9.62 Å². The summed E-state index contributed by atoms with van der Waals surface area (Å²) < 4.78 is 37.9. The van der Waals surface area contributed by atoms with E-state index < -0.39 is 39.3 Å². The average molecular weight is 395 g/mol. The summed E-state index contributed by atoms with van der Waals surface area (Å²) in [6, 6.07) is 10.1. The molecule has 0 radical (unpaired) electrons. The highest BCUT2D eigenvalue weighted by Crippen LogP contribution is 2.23. The Bertz CT molecular complexity index is 947. The summed E-state index contributed by atoms with van der Waals surface area (Å²) in [6.07, 6.45) is 0.905. The highest BCUT2D eigenvalue weighted by atomic mass is 32.2. The number of non-ortho nitro benzene ring substituents is 1. The van der Waals surface area contributed by atoms with E-state index in [2.05, 4.69) is 5.32 Å². The predicted octanol–water partition coefficient (Wildman–Crippen LogP) is 2.38. The first-order valence-electron chi connectivity index (χ1n) is 7.85. The Morgan fingerprint density at radius 2 is 1.89 bits per heavy atom. The zero-order valence-electron chi connectivity index (χ0n) is 14.6. The van der Waals surface area contributed by atoms with E-state index in [0.717, 1.165) is 16.6 Å². The molecule has 2 aromatic rings. The Hall–Kier alpha value is -3.01. The van der Waals surface area contributed by atoms with E-state index in [4.69, 9.17) is 0 Å². The lowest BCUT2D eigenvalue weighted by molar-refractivity contribution is -0.384. The maximum Gasteiger partial charge on any atom is 0.271 e. The average Bonchev–Trinajstić information content (AvgIpc) is 2.59. The molecule has 2 aromatic carbocycles. The van der Waals surface area contributed by atoms with Gasteiger partial charge in [-0.3, -0.25) is 19.2 Å². The third-order valence-corrected chi connectivity index (χ3v) is 4.90. The quantitative estimate of drug-likeness (QED) is 0.572. The molecule has 0 saturated heterocycles. The molecule has 1 unspecified atom stereocenters. The zero-order valence-corrected chi connectivity index (χ0v) is 15.4. The number of sulfonamides is 1. The molecule has 0 aliphatic rings. The van der Waals surface area contributed by atoms with E-state index in [1.165, 1.54) is 42.5 Å². The van der Waals surface area contributed by atoms with Crippen LogP contribution in [0.15, 0.2) is 48.5 Å². The van der Waals surface area contributed by atoms with Gasteiger partial charge in [-0.1, -0.05) is 18.2 Å². The lowest BCUT2D eigenvalue weighted by Gasteiger charge is -2.23. The van der Waals surface area contributed by atoms with Gasteiger partial charge in [-0.15, -0.1) is 0 Å². The highest BCUT2D eigenvalue weighted by molar-refractivity contribution is 7.92. The van der Waals surface area contributed by atoms with Crippen LogP contribution in [0.2, 0.25) is 0 Å². The molecule has 144 valence electrons. The van der Waals surface area contributed by atoms with Gasteiger partial charge in [-0.2, -0.15) is 0 Å². The monoisotopic (exact) mass is 395 g/mol. The Balaban J connectivity index is 2.19.